The lowest BCUT2D eigenvalue weighted by Gasteiger charge is -2.08. The third-order valence-electron chi connectivity index (χ3n) is 1.82. The molecule has 0 saturated carbocycles. The van der Waals surface area contributed by atoms with E-state index in [0.717, 1.165) is 0 Å². The van der Waals surface area contributed by atoms with Crippen molar-refractivity contribution >= 4 is 0 Å². The van der Waals surface area contributed by atoms with Crippen molar-refractivity contribution < 1.29 is 5.11 Å². The van der Waals surface area contributed by atoms with E-state index in [1.54, 1.807) is 18.5 Å². The quantitative estimate of drug-likeness (QED) is 0.736. The lowest BCUT2D eigenvalue weighted by molar-refractivity contribution is 0.218. The van der Waals surface area contributed by atoms with Crippen LogP contribution in [0.25, 0.3) is 0 Å². The highest BCUT2D eigenvalue weighted by Crippen LogP contribution is 2.18. The smallest absolute Gasteiger partial charge is 0.115 e. The van der Waals surface area contributed by atoms with E-state index < -0.39 is 6.10 Å². The molecule has 0 aliphatic carbocycles. The van der Waals surface area contributed by atoms with Gasteiger partial charge < -0.3 is 5.11 Å². The molecule has 5 nitrogen and oxygen atoms in total. The van der Waals surface area contributed by atoms with E-state index in [0.29, 0.717) is 11.1 Å². The van der Waals surface area contributed by atoms with Crippen LogP contribution in [0.15, 0.2) is 37.2 Å². The van der Waals surface area contributed by atoms with Gasteiger partial charge in [0.2, 0.25) is 0 Å². The van der Waals surface area contributed by atoms with E-state index in [-0.39, 0.29) is 0 Å². The van der Waals surface area contributed by atoms with Gasteiger partial charge in [0.05, 0.1) is 6.20 Å². The summed E-state index contributed by atoms with van der Waals surface area (Å²) in [6, 6.07) is 1.70. The molecule has 2 rings (SSSR count). The molecule has 0 aromatic carbocycles. The van der Waals surface area contributed by atoms with Crippen molar-refractivity contribution in [3.8, 4) is 0 Å². The molecule has 0 spiro atoms. The minimum atomic E-state index is -0.744. The summed E-state index contributed by atoms with van der Waals surface area (Å²) in [5.74, 6) is 0. The number of rotatable bonds is 2. The predicted molar refractivity (Wildman–Crippen MR) is 48.1 cm³/mol. The van der Waals surface area contributed by atoms with Gasteiger partial charge in [-0.2, -0.15) is 10.2 Å². The van der Waals surface area contributed by atoms with Crippen molar-refractivity contribution in [1.82, 2.24) is 20.2 Å². The Bertz CT molecular complexity index is 353. The molecule has 0 saturated heterocycles. The Labute approximate surface area is 80.5 Å². The molecule has 0 fully saturated rings. The Balaban J connectivity index is 2.30. The lowest BCUT2D eigenvalue weighted by atomic mass is 10.1. The number of nitrogens with zero attached hydrogens (tertiary/aromatic N) is 4. The minimum absolute atomic E-state index is 0.639. The van der Waals surface area contributed by atoms with Crippen molar-refractivity contribution in [1.29, 1.82) is 0 Å². The first kappa shape index (κ1) is 8.71. The van der Waals surface area contributed by atoms with Crippen LogP contribution in [-0.2, 0) is 0 Å². The van der Waals surface area contributed by atoms with Crippen molar-refractivity contribution in [2.75, 3.05) is 0 Å². The average Bonchev–Trinajstić information content (AvgIpc) is 2.30. The molecule has 0 bridgehead atoms. The number of hydrogen-bond acceptors (Lipinski definition) is 5. The first-order valence-electron chi connectivity index (χ1n) is 4.07. The van der Waals surface area contributed by atoms with Gasteiger partial charge in [0, 0.05) is 29.7 Å². The highest BCUT2D eigenvalue weighted by molar-refractivity contribution is 5.22. The topological polar surface area (TPSA) is 71.8 Å². The van der Waals surface area contributed by atoms with Crippen LogP contribution in [-0.4, -0.2) is 25.3 Å². The molecule has 0 aliphatic rings. The van der Waals surface area contributed by atoms with E-state index in [4.69, 9.17) is 0 Å². The van der Waals surface area contributed by atoms with Crippen LogP contribution >= 0.6 is 0 Å². The fourth-order valence-corrected chi connectivity index (χ4v) is 1.11. The van der Waals surface area contributed by atoms with Crippen LogP contribution in [0.4, 0.5) is 0 Å². The molecule has 14 heavy (non-hydrogen) atoms. The molecular formula is C9H8N4O. The fraction of sp³-hybridized carbons (Fsp3) is 0.111. The van der Waals surface area contributed by atoms with Crippen LogP contribution in [0.1, 0.15) is 17.2 Å². The molecule has 70 valence electrons. The maximum atomic E-state index is 9.84. The van der Waals surface area contributed by atoms with Gasteiger partial charge in [0.25, 0.3) is 0 Å². The van der Waals surface area contributed by atoms with Gasteiger partial charge >= 0.3 is 0 Å². The zero-order chi connectivity index (χ0) is 9.80. The fourth-order valence-electron chi connectivity index (χ4n) is 1.11. The summed E-state index contributed by atoms with van der Waals surface area (Å²) in [6.45, 7) is 0. The van der Waals surface area contributed by atoms with Gasteiger partial charge in [0.1, 0.15) is 12.4 Å². The monoisotopic (exact) mass is 188 g/mol. The Kier molecular flexibility index (Phi) is 2.42. The van der Waals surface area contributed by atoms with E-state index in [1.807, 2.05) is 0 Å². The van der Waals surface area contributed by atoms with Crippen LogP contribution in [0.3, 0.4) is 0 Å². The van der Waals surface area contributed by atoms with E-state index >= 15 is 0 Å². The second kappa shape index (κ2) is 3.89. The summed E-state index contributed by atoms with van der Waals surface area (Å²) >= 11 is 0. The maximum Gasteiger partial charge on any atom is 0.115 e. The molecule has 5 heteroatoms. The van der Waals surface area contributed by atoms with Gasteiger partial charge in [-0.3, -0.25) is 0 Å². The summed E-state index contributed by atoms with van der Waals surface area (Å²) in [4.78, 5) is 7.65. The molecule has 1 N–H and O–H groups in total. The molecule has 0 aliphatic heterocycles. The highest BCUT2D eigenvalue weighted by Gasteiger charge is 2.10. The minimum Gasteiger partial charge on any atom is -0.383 e. The van der Waals surface area contributed by atoms with Crippen molar-refractivity contribution in [2.24, 2.45) is 0 Å². The van der Waals surface area contributed by atoms with Gasteiger partial charge in [-0.05, 0) is 6.07 Å². The zero-order valence-electron chi connectivity index (χ0n) is 7.28. The average molecular weight is 188 g/mol. The third-order valence-corrected chi connectivity index (χ3v) is 1.82. The first-order chi connectivity index (χ1) is 6.88. The van der Waals surface area contributed by atoms with Gasteiger partial charge in [-0.25, -0.2) is 9.97 Å². The number of hydrogen-bond donors (Lipinski definition) is 1. The Morgan fingerprint density at radius 2 is 1.79 bits per heavy atom. The number of aromatic nitrogens is 4. The second-order valence-electron chi connectivity index (χ2n) is 2.75. The third kappa shape index (κ3) is 1.72. The summed E-state index contributed by atoms with van der Waals surface area (Å²) in [7, 11) is 0. The van der Waals surface area contributed by atoms with Crippen LogP contribution in [0.5, 0.6) is 0 Å². The predicted octanol–water partition coefficient (Wildman–Crippen LogP) is 0.348. The lowest BCUT2D eigenvalue weighted by Crippen LogP contribution is -2.01. The van der Waals surface area contributed by atoms with Crippen molar-refractivity contribution in [3.63, 3.8) is 0 Å². The van der Waals surface area contributed by atoms with Gasteiger partial charge in [-0.1, -0.05) is 0 Å². The molecule has 1 atom stereocenters. The molecule has 0 amide bonds. The van der Waals surface area contributed by atoms with Gasteiger partial charge in [0.15, 0.2) is 0 Å². The number of aliphatic hydroxyl groups is 1. The Morgan fingerprint density at radius 1 is 1.00 bits per heavy atom. The molecule has 2 aromatic heterocycles. The van der Waals surface area contributed by atoms with Gasteiger partial charge in [-0.15, -0.1) is 0 Å². The summed E-state index contributed by atoms with van der Waals surface area (Å²) in [5, 5.41) is 17.2. The van der Waals surface area contributed by atoms with Crippen LogP contribution in [0.2, 0.25) is 0 Å². The molecule has 0 radical (unpaired) electrons. The van der Waals surface area contributed by atoms with E-state index in [2.05, 4.69) is 20.2 Å². The van der Waals surface area contributed by atoms with Crippen molar-refractivity contribution in [2.45, 2.75) is 6.10 Å². The molecular weight excluding hydrogens is 180 g/mol. The molecule has 2 aromatic rings. The standard InChI is InChI=1S/C9H8N4O/c14-9(7-1-2-12-13-5-7)8-3-10-6-11-4-8/h1-6,9,14H. The normalized spacial score (nSPS) is 12.4. The van der Waals surface area contributed by atoms with E-state index in [9.17, 15) is 5.11 Å². The van der Waals surface area contributed by atoms with Crippen molar-refractivity contribution in [3.05, 3.63) is 48.3 Å². The summed E-state index contributed by atoms with van der Waals surface area (Å²) in [5.41, 5.74) is 1.32. The maximum absolute atomic E-state index is 9.84. The SMILES string of the molecule is OC(c1cncnc1)c1ccnnc1. The Morgan fingerprint density at radius 3 is 2.43 bits per heavy atom. The summed E-state index contributed by atoms with van der Waals surface area (Å²) < 4.78 is 0. The summed E-state index contributed by atoms with van der Waals surface area (Å²) in [6.07, 6.45) is 6.85. The first-order valence-corrected chi connectivity index (χ1v) is 4.07. The molecule has 2 heterocycles. The van der Waals surface area contributed by atoms with Crippen LogP contribution in [0, 0.1) is 0 Å². The Hall–Kier alpha value is -1.88. The number of aliphatic hydroxyl groups excluding tert-OH is 1. The van der Waals surface area contributed by atoms with E-state index in [1.165, 1.54) is 18.7 Å². The zero-order valence-corrected chi connectivity index (χ0v) is 7.28. The molecule has 1 unspecified atom stereocenters. The largest absolute Gasteiger partial charge is 0.383 e. The van der Waals surface area contributed by atoms with Crippen LogP contribution < -0.4 is 0 Å². The highest BCUT2D eigenvalue weighted by atomic mass is 16.3. The second-order valence-corrected chi connectivity index (χ2v) is 2.75.